The van der Waals surface area contributed by atoms with E-state index in [9.17, 15) is 4.79 Å². The smallest absolute Gasteiger partial charge is 0.410 e. The predicted molar refractivity (Wildman–Crippen MR) is 163 cm³/mol. The SMILES string of the molecule is Cc1cccc(COC2C[C@@H]3CN(C(=O)OC(C)(C)C)C[C@@H]3C2)c1.Cc1cccc(COC2C[C@H]3CNC[C@H]3C2)c1. The van der Waals surface area contributed by atoms with Gasteiger partial charge in [0.15, 0.2) is 0 Å². The van der Waals surface area contributed by atoms with E-state index in [0.717, 1.165) is 44.4 Å². The number of nitrogens with one attached hydrogen (secondary N) is 1. The molecule has 1 N–H and O–H groups in total. The van der Waals surface area contributed by atoms with E-state index in [4.69, 9.17) is 14.2 Å². The van der Waals surface area contributed by atoms with Crippen LogP contribution in [0, 0.1) is 37.5 Å². The Bertz CT molecular complexity index is 1130. The second-order valence-corrected chi connectivity index (χ2v) is 13.9. The zero-order valence-corrected chi connectivity index (χ0v) is 25.7. The molecule has 2 aromatic rings. The first-order valence-electron chi connectivity index (χ1n) is 15.6. The molecule has 6 nitrogen and oxygen atoms in total. The molecule has 2 aliphatic heterocycles. The molecule has 0 aromatic heterocycles. The minimum absolute atomic E-state index is 0.172. The van der Waals surface area contributed by atoms with Gasteiger partial charge in [-0.3, -0.25) is 0 Å². The molecule has 2 unspecified atom stereocenters. The van der Waals surface area contributed by atoms with Crippen LogP contribution in [0.5, 0.6) is 0 Å². The van der Waals surface area contributed by atoms with Gasteiger partial charge in [0.05, 0.1) is 25.4 Å². The summed E-state index contributed by atoms with van der Waals surface area (Å²) < 4.78 is 17.7. The van der Waals surface area contributed by atoms with E-state index >= 15 is 0 Å². The van der Waals surface area contributed by atoms with Crippen LogP contribution in [0.15, 0.2) is 48.5 Å². The van der Waals surface area contributed by atoms with Gasteiger partial charge in [0.25, 0.3) is 0 Å². The third-order valence-electron chi connectivity index (χ3n) is 9.11. The fourth-order valence-corrected chi connectivity index (χ4v) is 7.13. The van der Waals surface area contributed by atoms with Gasteiger partial charge >= 0.3 is 6.09 Å². The van der Waals surface area contributed by atoms with Gasteiger partial charge in [-0.15, -0.1) is 0 Å². The van der Waals surface area contributed by atoms with Crippen LogP contribution < -0.4 is 5.32 Å². The summed E-state index contributed by atoms with van der Waals surface area (Å²) in [6, 6.07) is 17.1. The summed E-state index contributed by atoms with van der Waals surface area (Å²) in [4.78, 5) is 14.1. The van der Waals surface area contributed by atoms with Crippen LogP contribution in [-0.2, 0) is 27.4 Å². The number of hydrogen-bond donors (Lipinski definition) is 1. The van der Waals surface area contributed by atoms with Crippen molar-refractivity contribution in [2.45, 2.75) is 91.3 Å². The quantitative estimate of drug-likeness (QED) is 0.426. The van der Waals surface area contributed by atoms with Crippen LogP contribution >= 0.6 is 0 Å². The van der Waals surface area contributed by atoms with Crippen LogP contribution in [0.1, 0.15) is 68.7 Å². The van der Waals surface area contributed by atoms with E-state index in [-0.39, 0.29) is 6.09 Å². The van der Waals surface area contributed by atoms with Gasteiger partial charge in [-0.1, -0.05) is 59.7 Å². The van der Waals surface area contributed by atoms with Gasteiger partial charge in [-0.05, 0) is 108 Å². The lowest BCUT2D eigenvalue weighted by Crippen LogP contribution is -2.36. The highest BCUT2D eigenvalue weighted by Crippen LogP contribution is 2.40. The van der Waals surface area contributed by atoms with Gasteiger partial charge < -0.3 is 24.4 Å². The summed E-state index contributed by atoms with van der Waals surface area (Å²) in [5.41, 5.74) is 4.71. The molecule has 2 saturated carbocycles. The Labute approximate surface area is 247 Å². The molecule has 41 heavy (non-hydrogen) atoms. The lowest BCUT2D eigenvalue weighted by molar-refractivity contribution is 0.0205. The van der Waals surface area contributed by atoms with Crippen molar-refractivity contribution >= 4 is 6.09 Å². The summed E-state index contributed by atoms with van der Waals surface area (Å²) >= 11 is 0. The number of benzene rings is 2. The van der Waals surface area contributed by atoms with Crippen molar-refractivity contribution < 1.29 is 19.0 Å². The second kappa shape index (κ2) is 13.3. The zero-order chi connectivity index (χ0) is 29.0. The Hall–Kier alpha value is -2.41. The molecule has 6 heteroatoms. The number of hydrogen-bond acceptors (Lipinski definition) is 5. The topological polar surface area (TPSA) is 60.0 Å². The molecular formula is C35H50N2O4. The van der Waals surface area contributed by atoms with Crippen molar-refractivity contribution in [2.24, 2.45) is 23.7 Å². The van der Waals surface area contributed by atoms with E-state index in [1.165, 1.54) is 48.2 Å². The lowest BCUT2D eigenvalue weighted by Gasteiger charge is -2.25. The minimum atomic E-state index is -0.422. The first-order chi connectivity index (χ1) is 19.6. The third-order valence-corrected chi connectivity index (χ3v) is 9.11. The second-order valence-electron chi connectivity index (χ2n) is 13.9. The number of carbonyl (C=O) groups excluding carboxylic acids is 1. The molecular weight excluding hydrogens is 512 g/mol. The number of likely N-dealkylation sites (tertiary alicyclic amines) is 1. The van der Waals surface area contributed by atoms with Crippen molar-refractivity contribution in [3.05, 3.63) is 70.8 Å². The zero-order valence-electron chi connectivity index (χ0n) is 25.7. The van der Waals surface area contributed by atoms with E-state index in [1.54, 1.807) is 0 Å². The summed E-state index contributed by atoms with van der Waals surface area (Å²) in [6.45, 7) is 15.5. The van der Waals surface area contributed by atoms with Crippen LogP contribution in [-0.4, -0.2) is 55.0 Å². The van der Waals surface area contributed by atoms with Crippen LogP contribution in [0.4, 0.5) is 4.79 Å². The van der Waals surface area contributed by atoms with E-state index in [2.05, 4.69) is 67.7 Å². The number of nitrogens with zero attached hydrogens (tertiary/aromatic N) is 1. The highest BCUT2D eigenvalue weighted by Gasteiger charge is 2.43. The Morgan fingerprint density at radius 2 is 1.24 bits per heavy atom. The van der Waals surface area contributed by atoms with Gasteiger partial charge in [-0.25, -0.2) is 4.79 Å². The van der Waals surface area contributed by atoms with Gasteiger partial charge in [0.1, 0.15) is 5.60 Å². The van der Waals surface area contributed by atoms with Crippen molar-refractivity contribution in [3.8, 4) is 0 Å². The first-order valence-corrected chi connectivity index (χ1v) is 15.6. The van der Waals surface area contributed by atoms with E-state index in [1.807, 2.05) is 25.7 Å². The summed E-state index contributed by atoms with van der Waals surface area (Å²) in [7, 11) is 0. The standard InChI is InChI=1S/C20H29NO3.C15H21NO/c1-14-6-5-7-15(8-14)13-23-18-9-16-11-21(12-17(16)10-18)19(22)24-20(2,3)4;1-11-3-2-4-12(5-11)10-17-15-6-13-8-16-9-14(13)7-15/h5-8,16-18H,9-13H2,1-4H3;2-5,13-16H,6-10H2,1H3/t16-,17+,18?;13-,14+,15?. The van der Waals surface area contributed by atoms with E-state index < -0.39 is 5.60 Å². The summed E-state index contributed by atoms with van der Waals surface area (Å²) in [5.74, 6) is 2.86. The summed E-state index contributed by atoms with van der Waals surface area (Å²) in [6.07, 6.45) is 5.25. The molecule has 0 spiro atoms. The average molecular weight is 563 g/mol. The highest BCUT2D eigenvalue weighted by atomic mass is 16.6. The molecule has 4 fully saturated rings. The van der Waals surface area contributed by atoms with Crippen LogP contribution in [0.25, 0.3) is 0 Å². The monoisotopic (exact) mass is 562 g/mol. The number of ether oxygens (including phenoxy) is 3. The molecule has 2 heterocycles. The molecule has 1 amide bonds. The molecule has 6 rings (SSSR count). The van der Waals surface area contributed by atoms with Crippen molar-refractivity contribution in [3.63, 3.8) is 0 Å². The normalized spacial score (nSPS) is 28.7. The van der Waals surface area contributed by atoms with Crippen molar-refractivity contribution in [2.75, 3.05) is 26.2 Å². The fourth-order valence-electron chi connectivity index (χ4n) is 7.13. The number of aryl methyl sites for hydroxylation is 2. The van der Waals surface area contributed by atoms with Crippen molar-refractivity contribution in [1.82, 2.24) is 10.2 Å². The molecule has 0 bridgehead atoms. The molecule has 2 aliphatic carbocycles. The Morgan fingerprint density at radius 3 is 1.68 bits per heavy atom. The number of fused-ring (bicyclic) bond motifs is 2. The van der Waals surface area contributed by atoms with Crippen molar-refractivity contribution in [1.29, 1.82) is 0 Å². The van der Waals surface area contributed by atoms with E-state index in [0.29, 0.717) is 30.7 Å². The largest absolute Gasteiger partial charge is 0.444 e. The Morgan fingerprint density at radius 1 is 0.780 bits per heavy atom. The first kappa shape index (κ1) is 30.1. The highest BCUT2D eigenvalue weighted by molar-refractivity contribution is 5.68. The third kappa shape index (κ3) is 8.56. The Balaban J connectivity index is 0.000000174. The maximum Gasteiger partial charge on any atom is 0.410 e. The minimum Gasteiger partial charge on any atom is -0.444 e. The van der Waals surface area contributed by atoms with Crippen LogP contribution in [0.2, 0.25) is 0 Å². The molecule has 2 saturated heterocycles. The molecule has 2 aromatic carbocycles. The number of amides is 1. The molecule has 0 radical (unpaired) electrons. The Kier molecular flexibility index (Phi) is 9.73. The molecule has 224 valence electrons. The number of carbonyl (C=O) groups is 1. The summed E-state index contributed by atoms with van der Waals surface area (Å²) in [5, 5.41) is 3.47. The van der Waals surface area contributed by atoms with Gasteiger partial charge in [-0.2, -0.15) is 0 Å². The fraction of sp³-hybridized carbons (Fsp3) is 0.629. The maximum absolute atomic E-state index is 12.2. The number of rotatable bonds is 6. The predicted octanol–water partition coefficient (Wildman–Crippen LogP) is 6.67. The molecule has 4 aliphatic rings. The van der Waals surface area contributed by atoms with Gasteiger partial charge in [0, 0.05) is 13.1 Å². The van der Waals surface area contributed by atoms with Gasteiger partial charge in [0.2, 0.25) is 0 Å². The maximum atomic E-state index is 12.2. The molecule has 6 atom stereocenters. The lowest BCUT2D eigenvalue weighted by atomic mass is 10.0. The average Bonchev–Trinajstić information content (AvgIpc) is 3.66. The van der Waals surface area contributed by atoms with Crippen LogP contribution in [0.3, 0.4) is 0 Å².